The number of fused-ring (bicyclic) bond motifs is 1. The van der Waals surface area contributed by atoms with Gasteiger partial charge in [-0.05, 0) is 49.2 Å². The van der Waals surface area contributed by atoms with Crippen molar-refractivity contribution in [1.29, 1.82) is 5.26 Å². The summed E-state index contributed by atoms with van der Waals surface area (Å²) in [6.45, 7) is 4.06. The highest BCUT2D eigenvalue weighted by Gasteiger charge is 2.18. The van der Waals surface area contributed by atoms with Gasteiger partial charge in [-0.15, -0.1) is 0 Å². The van der Waals surface area contributed by atoms with E-state index in [4.69, 9.17) is 18.8 Å². The summed E-state index contributed by atoms with van der Waals surface area (Å²) in [5.41, 5.74) is 3.65. The SMILES string of the molecule is Cc1cc2occ(CC(=O)OCC(=O)N(CCC#N)Cc3ccco3)c2cc1C. The van der Waals surface area contributed by atoms with Gasteiger partial charge in [0, 0.05) is 17.5 Å². The Morgan fingerprint density at radius 3 is 2.72 bits per heavy atom. The Morgan fingerprint density at radius 2 is 2.00 bits per heavy atom. The van der Waals surface area contributed by atoms with E-state index in [1.165, 1.54) is 11.2 Å². The summed E-state index contributed by atoms with van der Waals surface area (Å²) in [5, 5.41) is 9.67. The van der Waals surface area contributed by atoms with E-state index in [0.29, 0.717) is 11.3 Å². The monoisotopic (exact) mass is 394 g/mol. The number of nitrogens with zero attached hydrogens (tertiary/aromatic N) is 2. The van der Waals surface area contributed by atoms with Crippen LogP contribution in [0.4, 0.5) is 0 Å². The second-order valence-electron chi connectivity index (χ2n) is 6.83. The lowest BCUT2D eigenvalue weighted by Gasteiger charge is -2.20. The molecule has 3 rings (SSSR count). The second-order valence-corrected chi connectivity index (χ2v) is 6.83. The van der Waals surface area contributed by atoms with E-state index in [-0.39, 0.29) is 38.4 Å². The first-order valence-corrected chi connectivity index (χ1v) is 9.28. The third-order valence-electron chi connectivity index (χ3n) is 4.73. The van der Waals surface area contributed by atoms with Gasteiger partial charge >= 0.3 is 5.97 Å². The van der Waals surface area contributed by atoms with Crippen LogP contribution in [-0.4, -0.2) is 29.9 Å². The van der Waals surface area contributed by atoms with E-state index in [9.17, 15) is 9.59 Å². The molecule has 0 unspecified atom stereocenters. The number of benzene rings is 1. The van der Waals surface area contributed by atoms with Crippen molar-refractivity contribution in [3.05, 3.63) is 59.2 Å². The minimum Gasteiger partial charge on any atom is -0.467 e. The van der Waals surface area contributed by atoms with Crippen molar-refractivity contribution >= 4 is 22.8 Å². The molecule has 0 aliphatic carbocycles. The molecular weight excluding hydrogens is 372 g/mol. The van der Waals surface area contributed by atoms with Crippen LogP contribution in [0, 0.1) is 25.2 Å². The van der Waals surface area contributed by atoms with Gasteiger partial charge in [-0.3, -0.25) is 9.59 Å². The molecule has 2 heterocycles. The van der Waals surface area contributed by atoms with E-state index in [1.807, 2.05) is 32.0 Å². The topological polar surface area (TPSA) is 96.7 Å². The minimum absolute atomic E-state index is 0.0131. The number of rotatable bonds is 8. The zero-order valence-electron chi connectivity index (χ0n) is 16.4. The molecule has 7 heteroatoms. The summed E-state index contributed by atoms with van der Waals surface area (Å²) in [5.74, 6) is -0.302. The fourth-order valence-electron chi connectivity index (χ4n) is 2.98. The van der Waals surface area contributed by atoms with Gasteiger partial charge in [0.25, 0.3) is 5.91 Å². The molecule has 0 aliphatic rings. The molecule has 0 N–H and O–H groups in total. The molecule has 0 fully saturated rings. The van der Waals surface area contributed by atoms with Crippen LogP contribution in [0.2, 0.25) is 0 Å². The summed E-state index contributed by atoms with van der Waals surface area (Å²) in [4.78, 5) is 26.2. The Kier molecular flexibility index (Phi) is 6.35. The predicted molar refractivity (Wildman–Crippen MR) is 105 cm³/mol. The first-order valence-electron chi connectivity index (χ1n) is 9.28. The van der Waals surface area contributed by atoms with Crippen LogP contribution in [0.15, 0.2) is 45.6 Å². The van der Waals surface area contributed by atoms with E-state index in [1.54, 1.807) is 18.4 Å². The first kappa shape index (κ1) is 20.2. The van der Waals surface area contributed by atoms with Gasteiger partial charge < -0.3 is 18.5 Å². The van der Waals surface area contributed by atoms with Crippen LogP contribution < -0.4 is 0 Å². The lowest BCUT2D eigenvalue weighted by Crippen LogP contribution is -2.35. The number of nitriles is 1. The molecule has 29 heavy (non-hydrogen) atoms. The van der Waals surface area contributed by atoms with Crippen molar-refractivity contribution in [3.8, 4) is 6.07 Å². The summed E-state index contributed by atoms with van der Waals surface area (Å²) >= 11 is 0. The molecule has 0 radical (unpaired) electrons. The number of hydrogen-bond donors (Lipinski definition) is 0. The number of ether oxygens (including phenoxy) is 1. The highest BCUT2D eigenvalue weighted by molar-refractivity contribution is 5.87. The zero-order valence-corrected chi connectivity index (χ0v) is 16.4. The summed E-state index contributed by atoms with van der Waals surface area (Å²) in [6, 6.07) is 9.39. The van der Waals surface area contributed by atoms with Gasteiger partial charge in [0.15, 0.2) is 6.61 Å². The standard InChI is InChI=1S/C22H22N2O5/c1-15-9-19-17(13-28-20(19)10-16(15)2)11-22(26)29-14-21(25)24(7-4-6-23)12-18-5-3-8-27-18/h3,5,8-10,13H,4,7,11-12,14H2,1-2H3. The lowest BCUT2D eigenvalue weighted by atomic mass is 10.0. The smallest absolute Gasteiger partial charge is 0.310 e. The van der Waals surface area contributed by atoms with E-state index >= 15 is 0 Å². The third kappa shape index (κ3) is 5.05. The molecule has 2 aromatic heterocycles. The first-order chi connectivity index (χ1) is 14.0. The van der Waals surface area contributed by atoms with Crippen molar-refractivity contribution in [1.82, 2.24) is 4.90 Å². The average Bonchev–Trinajstić information content (AvgIpc) is 3.34. The van der Waals surface area contributed by atoms with Gasteiger partial charge in [0.05, 0.1) is 38.0 Å². The van der Waals surface area contributed by atoms with Crippen LogP contribution in [0.3, 0.4) is 0 Å². The fraction of sp³-hybridized carbons (Fsp3) is 0.318. The predicted octanol–water partition coefficient (Wildman–Crippen LogP) is 3.67. The van der Waals surface area contributed by atoms with Crippen LogP contribution in [-0.2, 0) is 27.3 Å². The molecule has 0 bridgehead atoms. The molecule has 0 saturated carbocycles. The van der Waals surface area contributed by atoms with Crippen molar-refractivity contribution < 1.29 is 23.2 Å². The third-order valence-corrected chi connectivity index (χ3v) is 4.73. The van der Waals surface area contributed by atoms with Crippen LogP contribution in [0.1, 0.15) is 28.9 Å². The fourth-order valence-corrected chi connectivity index (χ4v) is 2.98. The van der Waals surface area contributed by atoms with Gasteiger partial charge in [-0.25, -0.2) is 0 Å². The molecule has 0 saturated heterocycles. The number of amides is 1. The molecular formula is C22H22N2O5. The Labute approximate surface area is 168 Å². The van der Waals surface area contributed by atoms with Crippen LogP contribution >= 0.6 is 0 Å². The number of esters is 1. The summed E-state index contributed by atoms with van der Waals surface area (Å²) in [6.07, 6.45) is 3.25. The largest absolute Gasteiger partial charge is 0.467 e. The van der Waals surface area contributed by atoms with E-state index < -0.39 is 5.97 Å². The van der Waals surface area contributed by atoms with Crippen LogP contribution in [0.5, 0.6) is 0 Å². The van der Waals surface area contributed by atoms with Crippen LogP contribution in [0.25, 0.3) is 11.0 Å². The van der Waals surface area contributed by atoms with E-state index in [0.717, 1.165) is 22.1 Å². The quantitative estimate of drug-likeness (QED) is 0.541. The van der Waals surface area contributed by atoms with Gasteiger partial charge in [-0.1, -0.05) is 0 Å². The van der Waals surface area contributed by atoms with E-state index in [2.05, 4.69) is 0 Å². The number of furan rings is 2. The maximum atomic E-state index is 12.5. The van der Waals surface area contributed by atoms with Gasteiger partial charge in [0.1, 0.15) is 11.3 Å². The molecule has 0 aliphatic heterocycles. The number of aryl methyl sites for hydroxylation is 2. The zero-order chi connectivity index (χ0) is 20.8. The molecule has 7 nitrogen and oxygen atoms in total. The second kappa shape index (κ2) is 9.11. The Hall–Kier alpha value is -3.53. The maximum absolute atomic E-state index is 12.5. The number of hydrogen-bond acceptors (Lipinski definition) is 6. The lowest BCUT2D eigenvalue weighted by molar-refractivity contribution is -0.151. The van der Waals surface area contributed by atoms with Crippen molar-refractivity contribution in [2.24, 2.45) is 0 Å². The Morgan fingerprint density at radius 1 is 1.21 bits per heavy atom. The Bertz CT molecular complexity index is 1040. The molecule has 1 amide bonds. The Balaban J connectivity index is 1.59. The molecule has 3 aromatic rings. The van der Waals surface area contributed by atoms with Crippen molar-refractivity contribution in [2.45, 2.75) is 33.2 Å². The molecule has 0 atom stereocenters. The normalized spacial score (nSPS) is 10.7. The highest BCUT2D eigenvalue weighted by atomic mass is 16.5. The highest BCUT2D eigenvalue weighted by Crippen LogP contribution is 2.25. The number of carbonyl (C=O) groups is 2. The summed E-state index contributed by atoms with van der Waals surface area (Å²) in [7, 11) is 0. The minimum atomic E-state index is -0.516. The number of carbonyl (C=O) groups excluding carboxylic acids is 2. The average molecular weight is 394 g/mol. The molecule has 0 spiro atoms. The maximum Gasteiger partial charge on any atom is 0.310 e. The molecule has 1 aromatic carbocycles. The van der Waals surface area contributed by atoms with Gasteiger partial charge in [0.2, 0.25) is 0 Å². The summed E-state index contributed by atoms with van der Waals surface area (Å²) < 4.78 is 16.0. The van der Waals surface area contributed by atoms with Gasteiger partial charge in [-0.2, -0.15) is 5.26 Å². The van der Waals surface area contributed by atoms with Crippen molar-refractivity contribution in [2.75, 3.05) is 13.2 Å². The van der Waals surface area contributed by atoms with Crippen molar-refractivity contribution in [3.63, 3.8) is 0 Å². The molecule has 150 valence electrons.